The number of methoxy groups -OCH3 is 2. The predicted molar refractivity (Wildman–Crippen MR) is 91.0 cm³/mol. The number of hydrogen-bond acceptors (Lipinski definition) is 4. The third-order valence-corrected chi connectivity index (χ3v) is 4.97. The highest BCUT2D eigenvalue weighted by Crippen LogP contribution is 2.42. The molecule has 1 aromatic rings. The van der Waals surface area contributed by atoms with E-state index in [2.05, 4.69) is 0 Å². The van der Waals surface area contributed by atoms with E-state index in [0.29, 0.717) is 17.9 Å². The van der Waals surface area contributed by atoms with Gasteiger partial charge < -0.3 is 14.6 Å². The number of carbonyl (C=O) groups excluding carboxylic acids is 1. The van der Waals surface area contributed by atoms with Crippen molar-refractivity contribution in [2.75, 3.05) is 14.2 Å². The fourth-order valence-electron chi connectivity index (χ4n) is 3.40. The van der Waals surface area contributed by atoms with E-state index < -0.39 is 5.97 Å². The Morgan fingerprint density at radius 1 is 1.17 bits per heavy atom. The number of carbonyl (C=O) groups is 2. The summed E-state index contributed by atoms with van der Waals surface area (Å²) in [4.78, 5) is 23.5. The van der Waals surface area contributed by atoms with Gasteiger partial charge in [-0.3, -0.25) is 9.59 Å². The zero-order valence-electron chi connectivity index (χ0n) is 14.7. The molecule has 0 bridgehead atoms. The van der Waals surface area contributed by atoms with Crippen molar-refractivity contribution in [2.24, 2.45) is 5.41 Å². The van der Waals surface area contributed by atoms with Crippen LogP contribution >= 0.6 is 0 Å². The third-order valence-electron chi connectivity index (χ3n) is 4.97. The van der Waals surface area contributed by atoms with E-state index >= 15 is 0 Å². The molecule has 1 aliphatic rings. The predicted octanol–water partition coefficient (Wildman–Crippen LogP) is 3.87. The van der Waals surface area contributed by atoms with E-state index in [-0.39, 0.29) is 17.6 Å². The zero-order valence-corrected chi connectivity index (χ0v) is 14.7. The SMILES string of the molecule is COc1cc2c(cc1OC)C(=O)C(C)(CCCCCC(=O)O)CC2. The van der Waals surface area contributed by atoms with E-state index in [1.165, 1.54) is 0 Å². The van der Waals surface area contributed by atoms with Crippen LogP contribution in [0.25, 0.3) is 0 Å². The van der Waals surface area contributed by atoms with Gasteiger partial charge in [-0.1, -0.05) is 19.8 Å². The molecule has 24 heavy (non-hydrogen) atoms. The number of unbranched alkanes of at least 4 members (excludes halogenated alkanes) is 2. The molecule has 0 fully saturated rings. The Balaban J connectivity index is 2.08. The average molecular weight is 334 g/mol. The van der Waals surface area contributed by atoms with Crippen LogP contribution in [-0.2, 0) is 11.2 Å². The molecule has 2 rings (SSSR count). The van der Waals surface area contributed by atoms with Crippen LogP contribution in [0.15, 0.2) is 12.1 Å². The number of ether oxygens (including phenoxy) is 2. The lowest BCUT2D eigenvalue weighted by molar-refractivity contribution is -0.137. The number of ketones is 1. The van der Waals surface area contributed by atoms with Gasteiger partial charge in [-0.05, 0) is 43.4 Å². The number of Topliss-reactive ketones (excluding diaryl/α,β-unsaturated/α-hetero) is 1. The monoisotopic (exact) mass is 334 g/mol. The number of aliphatic carboxylic acids is 1. The third kappa shape index (κ3) is 3.89. The maximum Gasteiger partial charge on any atom is 0.303 e. The molecule has 5 heteroatoms. The topological polar surface area (TPSA) is 72.8 Å². The van der Waals surface area contributed by atoms with Gasteiger partial charge in [0.05, 0.1) is 14.2 Å². The second-order valence-corrected chi connectivity index (χ2v) is 6.71. The van der Waals surface area contributed by atoms with Crippen LogP contribution in [0, 0.1) is 5.41 Å². The maximum absolute atomic E-state index is 13.0. The van der Waals surface area contributed by atoms with Crippen molar-refractivity contribution in [3.8, 4) is 11.5 Å². The average Bonchev–Trinajstić information content (AvgIpc) is 2.57. The molecular formula is C19H26O5. The van der Waals surface area contributed by atoms with Crippen LogP contribution in [0.4, 0.5) is 0 Å². The first-order valence-corrected chi connectivity index (χ1v) is 8.43. The maximum atomic E-state index is 13.0. The smallest absolute Gasteiger partial charge is 0.303 e. The Hall–Kier alpha value is -2.04. The lowest BCUT2D eigenvalue weighted by Crippen LogP contribution is -2.33. The van der Waals surface area contributed by atoms with E-state index in [1.54, 1.807) is 20.3 Å². The van der Waals surface area contributed by atoms with Crippen LogP contribution < -0.4 is 9.47 Å². The lowest BCUT2D eigenvalue weighted by Gasteiger charge is -2.34. The first-order chi connectivity index (χ1) is 11.4. The quantitative estimate of drug-likeness (QED) is 0.731. The molecule has 0 heterocycles. The van der Waals surface area contributed by atoms with Crippen LogP contribution in [0.5, 0.6) is 11.5 Å². The Morgan fingerprint density at radius 2 is 1.83 bits per heavy atom. The molecule has 5 nitrogen and oxygen atoms in total. The molecule has 0 radical (unpaired) electrons. The van der Waals surface area contributed by atoms with Crippen molar-refractivity contribution in [3.63, 3.8) is 0 Å². The van der Waals surface area contributed by atoms with Gasteiger partial charge in [-0.2, -0.15) is 0 Å². The van der Waals surface area contributed by atoms with Gasteiger partial charge in [0.1, 0.15) is 0 Å². The van der Waals surface area contributed by atoms with E-state index in [9.17, 15) is 9.59 Å². The second-order valence-electron chi connectivity index (χ2n) is 6.71. The van der Waals surface area contributed by atoms with Crippen molar-refractivity contribution >= 4 is 11.8 Å². The van der Waals surface area contributed by atoms with Crippen LogP contribution in [-0.4, -0.2) is 31.1 Å². The van der Waals surface area contributed by atoms with Crippen LogP contribution in [0.3, 0.4) is 0 Å². The minimum Gasteiger partial charge on any atom is -0.493 e. The molecule has 1 N–H and O–H groups in total. The zero-order chi connectivity index (χ0) is 17.7. The lowest BCUT2D eigenvalue weighted by atomic mass is 9.69. The van der Waals surface area contributed by atoms with Gasteiger partial charge in [0, 0.05) is 17.4 Å². The Bertz CT molecular complexity index is 622. The molecule has 0 saturated carbocycles. The molecule has 0 amide bonds. The number of benzene rings is 1. The Morgan fingerprint density at radius 3 is 2.46 bits per heavy atom. The summed E-state index contributed by atoms with van der Waals surface area (Å²) < 4.78 is 10.6. The van der Waals surface area contributed by atoms with Crippen molar-refractivity contribution in [1.29, 1.82) is 0 Å². The highest BCUT2D eigenvalue weighted by atomic mass is 16.5. The molecule has 1 unspecified atom stereocenters. The molecule has 0 aliphatic heterocycles. The molecular weight excluding hydrogens is 308 g/mol. The summed E-state index contributed by atoms with van der Waals surface area (Å²) >= 11 is 0. The van der Waals surface area contributed by atoms with Crippen molar-refractivity contribution in [3.05, 3.63) is 23.3 Å². The Labute approximate surface area is 143 Å². The van der Waals surface area contributed by atoms with Crippen molar-refractivity contribution in [1.82, 2.24) is 0 Å². The van der Waals surface area contributed by atoms with Crippen LogP contribution in [0.1, 0.15) is 61.4 Å². The number of carboxylic acids is 1. The molecule has 1 aromatic carbocycles. The van der Waals surface area contributed by atoms with Gasteiger partial charge >= 0.3 is 5.97 Å². The molecule has 0 aromatic heterocycles. The molecule has 0 saturated heterocycles. The molecule has 0 spiro atoms. The fourth-order valence-corrected chi connectivity index (χ4v) is 3.40. The summed E-state index contributed by atoms with van der Waals surface area (Å²) in [6, 6.07) is 3.69. The van der Waals surface area contributed by atoms with Gasteiger partial charge in [0.2, 0.25) is 0 Å². The molecule has 1 atom stereocenters. The summed E-state index contributed by atoms with van der Waals surface area (Å²) in [6.07, 6.45) is 5.03. The van der Waals surface area contributed by atoms with E-state index in [4.69, 9.17) is 14.6 Å². The number of fused-ring (bicyclic) bond motifs is 1. The molecule has 1 aliphatic carbocycles. The largest absolute Gasteiger partial charge is 0.493 e. The van der Waals surface area contributed by atoms with Gasteiger partial charge in [-0.25, -0.2) is 0 Å². The second kappa shape index (κ2) is 7.69. The summed E-state index contributed by atoms with van der Waals surface area (Å²) in [5.41, 5.74) is 1.36. The summed E-state index contributed by atoms with van der Waals surface area (Å²) in [7, 11) is 3.16. The minimum atomic E-state index is -0.759. The number of aryl methyl sites for hydroxylation is 1. The van der Waals surface area contributed by atoms with Gasteiger partial charge in [0.15, 0.2) is 17.3 Å². The van der Waals surface area contributed by atoms with Crippen molar-refractivity contribution < 1.29 is 24.2 Å². The van der Waals surface area contributed by atoms with E-state index in [1.807, 2.05) is 13.0 Å². The van der Waals surface area contributed by atoms with Gasteiger partial charge in [0.25, 0.3) is 0 Å². The number of rotatable bonds is 8. The first-order valence-electron chi connectivity index (χ1n) is 8.43. The summed E-state index contributed by atoms with van der Waals surface area (Å²) in [6.45, 7) is 2.02. The number of hydrogen-bond donors (Lipinski definition) is 1. The van der Waals surface area contributed by atoms with Gasteiger partial charge in [-0.15, -0.1) is 0 Å². The fraction of sp³-hybridized carbons (Fsp3) is 0.579. The van der Waals surface area contributed by atoms with Crippen molar-refractivity contribution in [2.45, 2.75) is 51.9 Å². The first kappa shape index (κ1) is 18.3. The number of carboxylic acid groups (broad SMARTS) is 1. The normalized spacial score (nSPS) is 19.7. The van der Waals surface area contributed by atoms with Crippen LogP contribution in [0.2, 0.25) is 0 Å². The highest BCUT2D eigenvalue weighted by Gasteiger charge is 2.38. The standard InChI is InChI=1S/C19H26O5/c1-19(9-6-4-5-7-17(20)21)10-8-13-11-15(23-2)16(24-3)12-14(13)18(19)22/h11-12H,4-10H2,1-3H3,(H,20,21). The Kier molecular flexibility index (Phi) is 5.86. The minimum absolute atomic E-state index is 0.155. The highest BCUT2D eigenvalue weighted by molar-refractivity contribution is 6.03. The summed E-state index contributed by atoms with van der Waals surface area (Å²) in [5, 5.41) is 8.68. The van der Waals surface area contributed by atoms with E-state index in [0.717, 1.165) is 43.2 Å². The summed E-state index contributed by atoms with van der Waals surface area (Å²) in [5.74, 6) is 0.629. The molecule has 132 valence electrons.